The molecule has 0 aliphatic carbocycles. The highest BCUT2D eigenvalue weighted by Gasteiger charge is 2.16. The summed E-state index contributed by atoms with van der Waals surface area (Å²) in [7, 11) is 13.4. The van der Waals surface area contributed by atoms with Crippen LogP contribution < -0.4 is 50.1 Å². The second kappa shape index (κ2) is 49.6. The second-order valence-electron chi connectivity index (χ2n) is 22.5. The molecule has 0 saturated heterocycles. The number of aromatic carboxylic acids is 1. The molecule has 0 heterocycles. The molecule has 29 nitrogen and oxygen atoms in total. The number of nitrogens with one attached hydrogen (secondary N) is 3. The number of phenolic OH excluding ortho intramolecular Hbond substituents is 6. The molecular formula is C77H87Cl3N4O25S. The predicted molar refractivity (Wildman–Crippen MR) is 417 cm³/mol. The number of hydrogen-bond donors (Lipinski definition) is 13. The number of hydrogen-bond acceptors (Lipinski definition) is 25. The summed E-state index contributed by atoms with van der Waals surface area (Å²) >= 11 is 5.29. The van der Waals surface area contributed by atoms with Crippen LogP contribution in [0.3, 0.4) is 0 Å². The summed E-state index contributed by atoms with van der Waals surface area (Å²) in [5.74, 6) is -1.36. The van der Waals surface area contributed by atoms with E-state index in [1.807, 2.05) is 65.8 Å². The molecule has 0 aliphatic heterocycles. The first kappa shape index (κ1) is 92.9. The van der Waals surface area contributed by atoms with Crippen LogP contribution in [0.15, 0.2) is 164 Å². The molecule has 110 heavy (non-hydrogen) atoms. The summed E-state index contributed by atoms with van der Waals surface area (Å²) in [6.45, 7) is 12.2. The lowest BCUT2D eigenvalue weighted by molar-refractivity contribution is 0.0323. The Hall–Kier alpha value is -11.3. The highest BCUT2D eigenvalue weighted by Crippen LogP contribution is 2.35. The molecule has 33 heteroatoms. The number of aromatic hydroxyl groups is 6. The molecule has 0 saturated carbocycles. The second-order valence-corrected chi connectivity index (χ2v) is 25.4. The van der Waals surface area contributed by atoms with Crippen molar-refractivity contribution in [2.75, 3.05) is 104 Å². The molecule has 9 aromatic rings. The zero-order valence-corrected chi connectivity index (χ0v) is 64.5. The Balaban J connectivity index is 0.000000347. The van der Waals surface area contributed by atoms with E-state index >= 15 is 0 Å². The van der Waals surface area contributed by atoms with E-state index in [4.69, 9.17) is 94.4 Å². The minimum absolute atomic E-state index is 0.00652. The number of methoxy groups -OCH3 is 4. The van der Waals surface area contributed by atoms with Crippen LogP contribution in [0.4, 0.5) is 22.7 Å². The number of ether oxygens (including phenoxy) is 10. The number of carboxylic acid groups (broad SMARTS) is 1. The fourth-order valence-electron chi connectivity index (χ4n) is 8.35. The number of phenols is 6. The quantitative estimate of drug-likeness (QED) is 0.00787. The van der Waals surface area contributed by atoms with Gasteiger partial charge in [-0.25, -0.2) is 9.00 Å². The number of rotatable bonds is 26. The average Bonchev–Trinajstić information content (AvgIpc) is 0.857. The van der Waals surface area contributed by atoms with Crippen LogP contribution in [-0.4, -0.2) is 161 Å². The molecule has 14 N–H and O–H groups in total. The van der Waals surface area contributed by atoms with Crippen LogP contribution in [0.2, 0.25) is 0 Å². The van der Waals surface area contributed by atoms with E-state index in [0.29, 0.717) is 68.2 Å². The largest absolute Gasteiger partial charge is 0.504 e. The topological polar surface area (TPSA) is 439 Å². The van der Waals surface area contributed by atoms with Gasteiger partial charge in [-0.15, -0.1) is 0 Å². The lowest BCUT2D eigenvalue weighted by atomic mass is 10.1. The molecule has 0 spiro atoms. The van der Waals surface area contributed by atoms with Crippen molar-refractivity contribution in [3.05, 3.63) is 225 Å². The number of carbonyl (C=O) groups is 5. The van der Waals surface area contributed by atoms with Crippen molar-refractivity contribution in [3.63, 3.8) is 0 Å². The van der Waals surface area contributed by atoms with Gasteiger partial charge < -0.3 is 115 Å². The summed E-state index contributed by atoms with van der Waals surface area (Å²) < 4.78 is 60.8. The van der Waals surface area contributed by atoms with E-state index < -0.39 is 38.0 Å². The number of carboxylic acids is 1. The Bertz CT molecular complexity index is 4310. The standard InChI is InChI=1S/C19H23NO5.C17H19NO7.C13H11NO5.C10H15NO4.C9H9ClO.C9H10O2.Cl2OS/c1-13-5-6-15(9-14(13)2)19(21)20-16-7-8-17(24-11-22-3)18(10-16)25-12-23-4;1-22-9-24-15-6-4-12(8-16(15)25-10-23-2)18-17(21)11-3-5-13(19)14(20)7-11;15-9-3-1-7(5-11(9)17)13(19)14-8-2-4-10(16)12(18)6-8;11-8-1-2-9(14-5-3-12)10(7-8)15-6-4-13;2*1-6-3-4-8(9(10)11)5-7(6)2;1-4(2)3/h5-10H,11-12H2,1-4H3,(H,20,21);3-8,19-20H,9-10H2,1-2H3,(H,18,21);1-6,15-18H,(H,14,19);1-2,7,12-13H,3-6,11H2;3-5H,1-2H3;3-5H,1-2H3,(H,10,11);. The van der Waals surface area contributed by atoms with Crippen LogP contribution in [0.25, 0.3) is 0 Å². The van der Waals surface area contributed by atoms with Gasteiger partial charge in [0, 0.05) is 119 Å². The third kappa shape index (κ3) is 33.9. The van der Waals surface area contributed by atoms with E-state index in [0.717, 1.165) is 33.9 Å². The van der Waals surface area contributed by atoms with Crippen molar-refractivity contribution in [2.45, 2.75) is 41.5 Å². The van der Waals surface area contributed by atoms with Gasteiger partial charge in [0.15, 0.2) is 96.2 Å². The van der Waals surface area contributed by atoms with Gasteiger partial charge in [0.1, 0.15) is 13.2 Å². The molecule has 0 bridgehead atoms. The maximum Gasteiger partial charge on any atom is 0.335 e. The molecule has 0 fully saturated rings. The van der Waals surface area contributed by atoms with Gasteiger partial charge in [-0.2, -0.15) is 0 Å². The van der Waals surface area contributed by atoms with Gasteiger partial charge in [-0.1, -0.05) is 18.2 Å². The number of amides is 3. The van der Waals surface area contributed by atoms with Crippen LogP contribution in [0.5, 0.6) is 69.0 Å². The van der Waals surface area contributed by atoms with Crippen molar-refractivity contribution in [3.8, 4) is 69.0 Å². The molecule has 0 aromatic heterocycles. The number of benzene rings is 9. The van der Waals surface area contributed by atoms with E-state index in [1.165, 1.54) is 82.5 Å². The number of carbonyl (C=O) groups excluding carboxylic acids is 4. The van der Waals surface area contributed by atoms with E-state index in [9.17, 15) is 44.4 Å². The molecule has 0 aliphatic rings. The third-order valence-corrected chi connectivity index (χ3v) is 14.6. The number of halogens is 3. The lowest BCUT2D eigenvalue weighted by Gasteiger charge is -2.14. The molecule has 0 radical (unpaired) electrons. The first-order valence-corrected chi connectivity index (χ1v) is 35.5. The molecular weight excluding hydrogens is 1520 g/mol. The molecule has 9 aromatic carbocycles. The molecule has 0 unspecified atom stereocenters. The first-order valence-electron chi connectivity index (χ1n) is 32.3. The SMILES string of the molecule is COCOc1ccc(NC(=O)c2ccc(C)c(C)c2)cc1OCOC.COCOc1ccc(NC(=O)c2ccc(O)c(O)c2)cc1OCOC.Cc1ccc(C(=O)Cl)cc1C.Cc1ccc(C(=O)O)cc1C.Nc1ccc(OCCO)c(OCCO)c1.O=C(Nc1ccc(O)c(O)c1)c1ccc(O)c(O)c1.O=S(Cl)Cl. The molecule has 592 valence electrons. The number of aryl methyl sites for hydroxylation is 6. The number of aliphatic hydroxyl groups excluding tert-OH is 2. The predicted octanol–water partition coefficient (Wildman–Crippen LogP) is 13.3. The minimum atomic E-state index is -1.67. The molecule has 0 atom stereocenters. The van der Waals surface area contributed by atoms with Gasteiger partial charge >= 0.3 is 5.97 Å². The summed E-state index contributed by atoms with van der Waals surface area (Å²) in [5, 5.41) is 89.1. The van der Waals surface area contributed by atoms with Crippen molar-refractivity contribution in [1.82, 2.24) is 0 Å². The fraction of sp³-hybridized carbons (Fsp3) is 0.234. The van der Waals surface area contributed by atoms with Crippen molar-refractivity contribution in [2.24, 2.45) is 0 Å². The van der Waals surface area contributed by atoms with Crippen molar-refractivity contribution >= 4 is 93.9 Å². The summed E-state index contributed by atoms with van der Waals surface area (Å²) in [6, 6.07) is 42.3. The monoisotopic (exact) mass is 1600 g/mol. The van der Waals surface area contributed by atoms with E-state index in [-0.39, 0.29) is 105 Å². The van der Waals surface area contributed by atoms with Gasteiger partial charge in [0.05, 0.1) is 18.8 Å². The smallest absolute Gasteiger partial charge is 0.335 e. The maximum atomic E-state index is 12.4. The van der Waals surface area contributed by atoms with Gasteiger partial charge in [-0.3, -0.25) is 19.2 Å². The normalized spacial score (nSPS) is 10.1. The van der Waals surface area contributed by atoms with Crippen LogP contribution in [-0.2, 0) is 28.2 Å². The summed E-state index contributed by atoms with van der Waals surface area (Å²) in [4.78, 5) is 57.6. The zero-order valence-electron chi connectivity index (χ0n) is 61.4. The van der Waals surface area contributed by atoms with Crippen LogP contribution in [0.1, 0.15) is 85.2 Å². The van der Waals surface area contributed by atoms with Gasteiger partial charge in [0.2, 0.25) is 9.23 Å². The number of anilines is 4. The summed E-state index contributed by atoms with van der Waals surface area (Å²) in [6.07, 6.45) is 0. The van der Waals surface area contributed by atoms with Gasteiger partial charge in [0.25, 0.3) is 23.0 Å². The third-order valence-electron chi connectivity index (χ3n) is 14.4. The zero-order chi connectivity index (χ0) is 82.0. The Kier molecular flexibility index (Phi) is 41.9. The number of nitrogen functional groups attached to an aromatic ring is 1. The Morgan fingerprint density at radius 1 is 0.364 bits per heavy atom. The number of nitrogens with two attached hydrogens (primary N) is 1. The van der Waals surface area contributed by atoms with E-state index in [2.05, 4.69) is 37.3 Å². The van der Waals surface area contributed by atoms with Crippen molar-refractivity contribution in [1.29, 1.82) is 0 Å². The van der Waals surface area contributed by atoms with Crippen LogP contribution in [0, 0.1) is 41.5 Å². The highest BCUT2D eigenvalue weighted by molar-refractivity contribution is 8.26. The van der Waals surface area contributed by atoms with Gasteiger partial charge in [-0.05, 0) is 208 Å². The molecule has 3 amide bonds. The lowest BCUT2D eigenvalue weighted by Crippen LogP contribution is -2.12. The Morgan fingerprint density at radius 2 is 0.655 bits per heavy atom. The summed E-state index contributed by atoms with van der Waals surface area (Å²) in [5.41, 5.74) is 15.9. The highest BCUT2D eigenvalue weighted by atomic mass is 36.0. The Morgan fingerprint density at radius 3 is 1.02 bits per heavy atom. The fourth-order valence-corrected chi connectivity index (χ4v) is 8.47. The minimum Gasteiger partial charge on any atom is -0.504 e. The van der Waals surface area contributed by atoms with Crippen molar-refractivity contribution < 1.29 is 122 Å². The molecule has 9 rings (SSSR count). The van der Waals surface area contributed by atoms with E-state index in [1.54, 1.807) is 84.9 Å². The van der Waals surface area contributed by atoms with Crippen LogP contribution >= 0.6 is 33.0 Å². The Labute approximate surface area is 651 Å². The number of aliphatic hydroxyl groups is 2. The first-order chi connectivity index (χ1) is 52.3. The average molecular weight is 1610 g/mol. The maximum absolute atomic E-state index is 12.4.